The van der Waals surface area contributed by atoms with Gasteiger partial charge in [-0.25, -0.2) is 4.99 Å². The van der Waals surface area contributed by atoms with Gasteiger partial charge >= 0.3 is 0 Å². The molecule has 0 radical (unpaired) electrons. The van der Waals surface area contributed by atoms with E-state index in [2.05, 4.69) is 43.8 Å². The third kappa shape index (κ3) is 7.27. The van der Waals surface area contributed by atoms with Gasteiger partial charge in [0.15, 0.2) is 16.3 Å². The number of allylic oxidation sites excluding steroid dienone is 1. The van der Waals surface area contributed by atoms with Gasteiger partial charge in [0.05, 0.1) is 39.1 Å². The lowest BCUT2D eigenvalue weighted by Gasteiger charge is -2.25. The fourth-order valence-electron chi connectivity index (χ4n) is 5.41. The molecule has 1 N–H and O–H groups in total. The second-order valence-corrected chi connectivity index (χ2v) is 13.9. The fourth-order valence-corrected chi connectivity index (χ4v) is 7.50. The third-order valence-corrected chi connectivity index (χ3v) is 9.96. The van der Waals surface area contributed by atoms with E-state index in [1.807, 2.05) is 104 Å². The van der Waals surface area contributed by atoms with E-state index in [1.54, 1.807) is 18.6 Å². The van der Waals surface area contributed by atoms with Crippen LogP contribution in [0, 0.1) is 3.57 Å². The number of methoxy groups -OCH3 is 1. The smallest absolute Gasteiger partial charge is 0.271 e. The zero-order valence-corrected chi connectivity index (χ0v) is 30.9. The molecule has 244 valence electrons. The molecule has 2 heterocycles. The quantitative estimate of drug-likeness (QED) is 0.150. The van der Waals surface area contributed by atoms with Gasteiger partial charge in [-0.05, 0) is 108 Å². The number of carbonyl (C=O) groups is 1. The van der Waals surface area contributed by atoms with Crippen LogP contribution in [0.2, 0.25) is 0 Å². The van der Waals surface area contributed by atoms with Crippen LogP contribution in [0.25, 0.3) is 6.08 Å². The molecule has 0 fully saturated rings. The first-order chi connectivity index (χ1) is 23.2. The van der Waals surface area contributed by atoms with E-state index in [0.717, 1.165) is 24.7 Å². The number of nitrogens with one attached hydrogen (secondary N) is 1. The van der Waals surface area contributed by atoms with E-state index in [0.29, 0.717) is 56.8 Å². The van der Waals surface area contributed by atoms with E-state index < -0.39 is 6.04 Å². The largest absolute Gasteiger partial charge is 0.494 e. The van der Waals surface area contributed by atoms with Crippen LogP contribution in [-0.4, -0.2) is 24.2 Å². The summed E-state index contributed by atoms with van der Waals surface area (Å²) in [5.41, 5.74) is 3.90. The van der Waals surface area contributed by atoms with Gasteiger partial charge < -0.3 is 19.5 Å². The summed E-state index contributed by atoms with van der Waals surface area (Å²) < 4.78 is 21.5. The molecule has 1 aromatic heterocycles. The lowest BCUT2D eigenvalue weighted by Crippen LogP contribution is -2.40. The average molecular weight is 837 g/mol. The molecule has 1 atom stereocenters. The number of halogens is 2. The highest BCUT2D eigenvalue weighted by atomic mass is 127. The predicted molar refractivity (Wildman–Crippen MR) is 201 cm³/mol. The molecule has 11 heteroatoms. The second kappa shape index (κ2) is 14.9. The molecule has 1 aliphatic rings. The maximum Gasteiger partial charge on any atom is 0.271 e. The van der Waals surface area contributed by atoms with Crippen molar-refractivity contribution in [2.24, 2.45) is 4.99 Å². The van der Waals surface area contributed by atoms with Crippen molar-refractivity contribution < 1.29 is 19.0 Å². The Hall–Kier alpha value is -4.20. The Bertz CT molecular complexity index is 2180. The number of fused-ring (bicyclic) bond motifs is 1. The minimum absolute atomic E-state index is 0.250. The number of rotatable bonds is 10. The van der Waals surface area contributed by atoms with Gasteiger partial charge in [0.1, 0.15) is 12.4 Å². The van der Waals surface area contributed by atoms with Crippen molar-refractivity contribution in [3.05, 3.63) is 147 Å². The first kappa shape index (κ1) is 33.7. The maximum absolute atomic E-state index is 14.2. The van der Waals surface area contributed by atoms with Crippen molar-refractivity contribution in [1.82, 2.24) is 4.57 Å². The van der Waals surface area contributed by atoms with Crippen molar-refractivity contribution in [2.45, 2.75) is 26.5 Å². The van der Waals surface area contributed by atoms with Crippen molar-refractivity contribution in [3.8, 4) is 17.2 Å². The summed E-state index contributed by atoms with van der Waals surface area (Å²) in [5, 5.41) is 2.99. The number of carbonyl (C=O) groups excluding carboxylic acids is 1. The van der Waals surface area contributed by atoms with Gasteiger partial charge in [0.25, 0.3) is 11.5 Å². The number of anilines is 1. The number of benzene rings is 4. The lowest BCUT2D eigenvalue weighted by molar-refractivity contribution is -0.113. The molecule has 0 saturated heterocycles. The molecule has 6 rings (SSSR count). The summed E-state index contributed by atoms with van der Waals surface area (Å²) in [6, 6.07) is 27.8. The molecular formula is C37H31BrIN3O5S. The summed E-state index contributed by atoms with van der Waals surface area (Å²) in [4.78, 5) is 33.4. The monoisotopic (exact) mass is 835 g/mol. The molecule has 1 aliphatic heterocycles. The number of ether oxygens (including phenoxy) is 3. The Morgan fingerprint density at radius 3 is 2.46 bits per heavy atom. The van der Waals surface area contributed by atoms with Crippen molar-refractivity contribution in [3.63, 3.8) is 0 Å². The number of thiazole rings is 1. The van der Waals surface area contributed by atoms with Crippen LogP contribution in [0.1, 0.15) is 36.6 Å². The van der Waals surface area contributed by atoms with Gasteiger partial charge in [-0.15, -0.1) is 0 Å². The van der Waals surface area contributed by atoms with Gasteiger partial charge in [-0.2, -0.15) is 0 Å². The average Bonchev–Trinajstić information content (AvgIpc) is 3.38. The van der Waals surface area contributed by atoms with E-state index in [-0.39, 0.29) is 11.5 Å². The van der Waals surface area contributed by atoms with Gasteiger partial charge in [0, 0.05) is 10.2 Å². The Kier molecular flexibility index (Phi) is 10.5. The molecule has 0 bridgehead atoms. The van der Waals surface area contributed by atoms with Crippen molar-refractivity contribution in [1.29, 1.82) is 0 Å². The predicted octanol–water partition coefficient (Wildman–Crippen LogP) is 7.23. The van der Waals surface area contributed by atoms with Crippen molar-refractivity contribution >= 4 is 67.5 Å². The standard InChI is InChI=1S/C37H31BrIN3O5S/c1-4-46-28-16-12-25(13-17-28)33-32(35(43)41-27-8-6-5-7-9-27)22(2)40-37-42(33)36(44)31(48-37)20-24-18-29(39)34(30(19-24)45-3)47-21-23-10-14-26(38)15-11-23/h5-20,33H,4,21H2,1-3H3,(H,41,43)/b31-20-/t33-/m0/s1. The topological polar surface area (TPSA) is 91.2 Å². The van der Waals surface area contributed by atoms with Crippen LogP contribution in [0.15, 0.2) is 117 Å². The van der Waals surface area contributed by atoms with Crippen LogP contribution in [-0.2, 0) is 11.4 Å². The molecule has 4 aromatic carbocycles. The van der Waals surface area contributed by atoms with Crippen LogP contribution in [0.4, 0.5) is 5.69 Å². The first-order valence-corrected chi connectivity index (χ1v) is 17.8. The summed E-state index contributed by atoms with van der Waals surface area (Å²) in [6.07, 6.45) is 1.82. The van der Waals surface area contributed by atoms with Gasteiger partial charge in [0.2, 0.25) is 0 Å². The van der Waals surface area contributed by atoms with Gasteiger partial charge in [-0.3, -0.25) is 14.2 Å². The molecule has 0 saturated carbocycles. The molecule has 0 aliphatic carbocycles. The maximum atomic E-state index is 14.2. The van der Waals surface area contributed by atoms with E-state index >= 15 is 0 Å². The summed E-state index contributed by atoms with van der Waals surface area (Å²) in [7, 11) is 1.59. The van der Waals surface area contributed by atoms with Crippen molar-refractivity contribution in [2.75, 3.05) is 19.0 Å². The minimum atomic E-state index is -0.702. The summed E-state index contributed by atoms with van der Waals surface area (Å²) in [6.45, 7) is 4.63. The molecule has 48 heavy (non-hydrogen) atoms. The van der Waals surface area contributed by atoms with E-state index in [1.165, 1.54) is 11.3 Å². The Balaban J connectivity index is 1.40. The number of hydrogen-bond donors (Lipinski definition) is 1. The minimum Gasteiger partial charge on any atom is -0.494 e. The fraction of sp³-hybridized carbons (Fsp3) is 0.162. The van der Waals surface area contributed by atoms with Crippen LogP contribution < -0.4 is 34.4 Å². The van der Waals surface area contributed by atoms with Gasteiger partial charge in [-0.1, -0.05) is 69.7 Å². The lowest BCUT2D eigenvalue weighted by atomic mass is 9.95. The molecule has 0 spiro atoms. The van der Waals surface area contributed by atoms with E-state index in [4.69, 9.17) is 19.2 Å². The number of hydrogen-bond acceptors (Lipinski definition) is 7. The highest BCUT2D eigenvalue weighted by Crippen LogP contribution is 2.35. The number of para-hydroxylation sites is 1. The normalized spacial score (nSPS) is 14.3. The third-order valence-electron chi connectivity index (χ3n) is 7.65. The molecule has 0 unspecified atom stereocenters. The zero-order valence-electron chi connectivity index (χ0n) is 26.3. The van der Waals surface area contributed by atoms with Crippen LogP contribution in [0.3, 0.4) is 0 Å². The molecule has 1 amide bonds. The molecule has 8 nitrogen and oxygen atoms in total. The highest BCUT2D eigenvalue weighted by Gasteiger charge is 2.32. The molecular weight excluding hydrogens is 805 g/mol. The Labute approximate surface area is 303 Å². The zero-order chi connectivity index (χ0) is 33.8. The Morgan fingerprint density at radius 2 is 1.77 bits per heavy atom. The highest BCUT2D eigenvalue weighted by molar-refractivity contribution is 14.1. The summed E-state index contributed by atoms with van der Waals surface area (Å²) in [5.74, 6) is 1.56. The number of amides is 1. The molecule has 5 aromatic rings. The summed E-state index contributed by atoms with van der Waals surface area (Å²) >= 11 is 6.96. The first-order valence-electron chi connectivity index (χ1n) is 15.1. The second-order valence-electron chi connectivity index (χ2n) is 10.9. The van der Waals surface area contributed by atoms with Crippen LogP contribution in [0.5, 0.6) is 17.2 Å². The SMILES string of the molecule is CCOc1ccc([C@H]2C(C(=O)Nc3ccccc3)=C(C)N=c3s/c(=C\c4cc(I)c(OCc5ccc(Br)cc5)c(OC)c4)c(=O)n32)cc1. The Morgan fingerprint density at radius 1 is 1.04 bits per heavy atom. The van der Waals surface area contributed by atoms with Crippen LogP contribution >= 0.6 is 49.9 Å². The van der Waals surface area contributed by atoms with E-state index in [9.17, 15) is 9.59 Å². The number of nitrogens with zero attached hydrogens (tertiary/aromatic N) is 2. The number of aromatic nitrogens is 1.